The number of halogens is 1. The van der Waals surface area contributed by atoms with Gasteiger partial charge in [-0.3, -0.25) is 0 Å². The van der Waals surface area contributed by atoms with Gasteiger partial charge in [-0.1, -0.05) is 37.2 Å². The molecule has 22 heavy (non-hydrogen) atoms. The normalized spacial score (nSPS) is 14.4. The van der Waals surface area contributed by atoms with Crippen molar-refractivity contribution in [3.63, 3.8) is 0 Å². The molecule has 1 aliphatic rings. The summed E-state index contributed by atoms with van der Waals surface area (Å²) in [5.41, 5.74) is 5.13. The number of aryl methyl sites for hydroxylation is 1. The van der Waals surface area contributed by atoms with E-state index in [2.05, 4.69) is 18.8 Å². The van der Waals surface area contributed by atoms with Crippen LogP contribution in [0.3, 0.4) is 0 Å². The Morgan fingerprint density at radius 2 is 1.91 bits per heavy atom. The smallest absolute Gasteiger partial charge is 0.189 e. The number of fused-ring (bicyclic) bond motifs is 5. The van der Waals surface area contributed by atoms with E-state index in [0.717, 1.165) is 33.0 Å². The Bertz CT molecular complexity index is 902. The van der Waals surface area contributed by atoms with Crippen LogP contribution in [-0.4, -0.2) is 21.2 Å². The molecule has 3 nitrogen and oxygen atoms in total. The first kappa shape index (κ1) is 14.7. The summed E-state index contributed by atoms with van der Waals surface area (Å²) < 4.78 is 0.969. The first-order chi connectivity index (χ1) is 10.6. The fourth-order valence-electron chi connectivity index (χ4n) is 3.31. The van der Waals surface area contributed by atoms with E-state index in [1.807, 2.05) is 6.26 Å². The molecule has 0 N–H and O–H groups in total. The third kappa shape index (κ3) is 2.06. The molecule has 0 aliphatic heterocycles. The predicted octanol–water partition coefficient (Wildman–Crippen LogP) is 5.23. The molecule has 3 heterocycles. The van der Waals surface area contributed by atoms with Gasteiger partial charge in [0.2, 0.25) is 0 Å². The van der Waals surface area contributed by atoms with Gasteiger partial charge < -0.3 is 0 Å². The average Bonchev–Trinajstić information content (AvgIpc) is 3.09. The van der Waals surface area contributed by atoms with Gasteiger partial charge in [0.05, 0.1) is 10.2 Å². The molecule has 0 radical (unpaired) electrons. The summed E-state index contributed by atoms with van der Waals surface area (Å²) in [6.07, 6.45) is 5.44. The Labute approximate surface area is 142 Å². The van der Waals surface area contributed by atoms with Crippen molar-refractivity contribution in [2.75, 3.05) is 6.26 Å². The van der Waals surface area contributed by atoms with Crippen LogP contribution in [0.5, 0.6) is 0 Å². The molecule has 0 spiro atoms. The van der Waals surface area contributed by atoms with Gasteiger partial charge in [0.1, 0.15) is 4.83 Å². The zero-order valence-electron chi connectivity index (χ0n) is 12.7. The van der Waals surface area contributed by atoms with Crippen LogP contribution in [0.1, 0.15) is 43.0 Å². The summed E-state index contributed by atoms with van der Waals surface area (Å²) in [6, 6.07) is 0. The maximum atomic E-state index is 6.38. The second-order valence-corrected chi connectivity index (χ2v) is 8.05. The lowest BCUT2D eigenvalue weighted by Gasteiger charge is -2.11. The van der Waals surface area contributed by atoms with E-state index < -0.39 is 0 Å². The fourth-order valence-corrected chi connectivity index (χ4v) is 5.05. The molecule has 0 saturated carbocycles. The lowest BCUT2D eigenvalue weighted by molar-refractivity contribution is 0.805. The lowest BCUT2D eigenvalue weighted by atomic mass is 9.99. The Hall–Kier alpha value is -0.910. The molecule has 0 amide bonds. The molecule has 6 heteroatoms. The average molecular weight is 350 g/mol. The molecule has 0 fully saturated rings. The van der Waals surface area contributed by atoms with Crippen molar-refractivity contribution in [3.05, 3.63) is 22.0 Å². The summed E-state index contributed by atoms with van der Waals surface area (Å²) in [6.45, 7) is 4.44. The van der Waals surface area contributed by atoms with E-state index >= 15 is 0 Å². The number of hydrogen-bond donors (Lipinski definition) is 0. The van der Waals surface area contributed by atoms with Crippen molar-refractivity contribution in [1.29, 1.82) is 0 Å². The molecule has 0 aromatic carbocycles. The summed E-state index contributed by atoms with van der Waals surface area (Å²) in [7, 11) is 0. The van der Waals surface area contributed by atoms with E-state index in [4.69, 9.17) is 21.6 Å². The molecule has 0 saturated heterocycles. The highest BCUT2D eigenvalue weighted by molar-refractivity contribution is 7.98. The first-order valence-corrected chi connectivity index (χ1v) is 9.87. The molecule has 4 rings (SSSR count). The number of nitrogens with zero attached hydrogens (tertiary/aromatic N) is 3. The molecular weight excluding hydrogens is 334 g/mol. The third-order valence-electron chi connectivity index (χ3n) is 4.23. The van der Waals surface area contributed by atoms with Crippen molar-refractivity contribution in [1.82, 2.24) is 15.0 Å². The number of thiophene rings is 1. The van der Waals surface area contributed by atoms with Crippen LogP contribution in [0.25, 0.3) is 20.4 Å². The maximum Gasteiger partial charge on any atom is 0.189 e. The summed E-state index contributed by atoms with van der Waals surface area (Å²) >= 11 is 9.54. The van der Waals surface area contributed by atoms with Crippen LogP contribution < -0.4 is 0 Å². The van der Waals surface area contributed by atoms with E-state index in [1.54, 1.807) is 11.3 Å². The van der Waals surface area contributed by atoms with Crippen LogP contribution in [0.2, 0.25) is 5.15 Å². The maximum absolute atomic E-state index is 6.38. The van der Waals surface area contributed by atoms with Gasteiger partial charge in [0.15, 0.2) is 10.3 Å². The van der Waals surface area contributed by atoms with Crippen LogP contribution >= 0.6 is 34.7 Å². The topological polar surface area (TPSA) is 38.7 Å². The lowest BCUT2D eigenvalue weighted by Crippen LogP contribution is -2.00. The highest BCUT2D eigenvalue weighted by Gasteiger charge is 2.25. The summed E-state index contributed by atoms with van der Waals surface area (Å²) in [5.74, 6) is 0.449. The van der Waals surface area contributed by atoms with Crippen molar-refractivity contribution in [3.8, 4) is 0 Å². The third-order valence-corrected chi connectivity index (χ3v) is 6.25. The van der Waals surface area contributed by atoms with Crippen LogP contribution in [-0.2, 0) is 12.8 Å². The Balaban J connectivity index is 2.16. The fraction of sp³-hybridized carbons (Fsp3) is 0.438. The van der Waals surface area contributed by atoms with Gasteiger partial charge in [-0.15, -0.1) is 11.3 Å². The minimum absolute atomic E-state index is 0.449. The van der Waals surface area contributed by atoms with Gasteiger partial charge in [-0.2, -0.15) is 0 Å². The molecule has 0 unspecified atom stereocenters. The predicted molar refractivity (Wildman–Crippen MR) is 95.6 cm³/mol. The van der Waals surface area contributed by atoms with Crippen LogP contribution in [0.4, 0.5) is 0 Å². The minimum atomic E-state index is 0.449. The molecule has 0 bridgehead atoms. The monoisotopic (exact) mass is 349 g/mol. The molecule has 3 aromatic heterocycles. The van der Waals surface area contributed by atoms with E-state index in [9.17, 15) is 0 Å². The Kier molecular flexibility index (Phi) is 3.55. The zero-order valence-corrected chi connectivity index (χ0v) is 15.1. The van der Waals surface area contributed by atoms with Crippen molar-refractivity contribution >= 4 is 55.1 Å². The quantitative estimate of drug-likeness (QED) is 0.361. The molecule has 0 atom stereocenters. The van der Waals surface area contributed by atoms with Gasteiger partial charge in [-0.05, 0) is 42.6 Å². The number of aromatic nitrogens is 3. The second kappa shape index (κ2) is 5.32. The van der Waals surface area contributed by atoms with E-state index in [-0.39, 0.29) is 0 Å². The van der Waals surface area contributed by atoms with Crippen LogP contribution in [0, 0.1) is 0 Å². The highest BCUT2D eigenvalue weighted by atomic mass is 35.5. The van der Waals surface area contributed by atoms with Gasteiger partial charge in [0, 0.05) is 11.1 Å². The molecular formula is C16H16ClN3S2. The highest BCUT2D eigenvalue weighted by Crippen LogP contribution is 2.42. The molecule has 3 aromatic rings. The van der Waals surface area contributed by atoms with Gasteiger partial charge in [-0.25, -0.2) is 15.0 Å². The Morgan fingerprint density at radius 3 is 2.64 bits per heavy atom. The number of pyridine rings is 1. The summed E-state index contributed by atoms with van der Waals surface area (Å²) in [4.78, 5) is 15.1. The van der Waals surface area contributed by atoms with Crippen molar-refractivity contribution in [2.24, 2.45) is 0 Å². The van der Waals surface area contributed by atoms with Crippen LogP contribution in [0.15, 0.2) is 5.16 Å². The minimum Gasteiger partial charge on any atom is -0.241 e. The van der Waals surface area contributed by atoms with Gasteiger partial charge in [0.25, 0.3) is 0 Å². The number of rotatable bonds is 2. The second-order valence-electron chi connectivity index (χ2n) is 5.92. The van der Waals surface area contributed by atoms with Crippen molar-refractivity contribution in [2.45, 2.75) is 44.2 Å². The van der Waals surface area contributed by atoms with E-state index in [1.165, 1.54) is 40.4 Å². The molecule has 114 valence electrons. The van der Waals surface area contributed by atoms with Crippen molar-refractivity contribution < 1.29 is 0 Å². The number of hydrogen-bond acceptors (Lipinski definition) is 5. The van der Waals surface area contributed by atoms with Gasteiger partial charge >= 0.3 is 0 Å². The first-order valence-electron chi connectivity index (χ1n) is 7.45. The number of thioether (sulfide) groups is 1. The zero-order chi connectivity index (χ0) is 15.4. The van der Waals surface area contributed by atoms with E-state index in [0.29, 0.717) is 11.1 Å². The SMILES string of the molecule is CSc1nc(Cl)c2sc3nc(C(C)C)c4c(c3c2n1)CCC4. The molecule has 1 aliphatic carbocycles. The summed E-state index contributed by atoms with van der Waals surface area (Å²) in [5, 5.41) is 2.50. The largest absolute Gasteiger partial charge is 0.241 e. The Morgan fingerprint density at radius 1 is 1.14 bits per heavy atom. The standard InChI is InChI=1S/C16H16ClN3S2/c1-7(2)11-9-6-4-5-8(9)10-12-13(22-15(10)18-11)14(17)20-16(19-12)21-3/h7H,4-6H2,1-3H3.